The van der Waals surface area contributed by atoms with E-state index in [9.17, 15) is 13.2 Å². The minimum absolute atomic E-state index is 0.102. The number of hydrogen-bond acceptors (Lipinski definition) is 6. The third-order valence-electron chi connectivity index (χ3n) is 4.87. The fraction of sp³-hybridized carbons (Fsp3) is 0.333. The van der Waals surface area contributed by atoms with Gasteiger partial charge >= 0.3 is 0 Å². The second-order valence-electron chi connectivity index (χ2n) is 7.48. The number of amides is 1. The van der Waals surface area contributed by atoms with Crippen LogP contribution in [0.5, 0.6) is 0 Å². The maximum Gasteiger partial charge on any atom is 0.255 e. The molecule has 0 radical (unpaired) electrons. The van der Waals surface area contributed by atoms with Gasteiger partial charge in [-0.3, -0.25) is 4.79 Å². The van der Waals surface area contributed by atoms with Gasteiger partial charge in [-0.25, -0.2) is 13.4 Å². The number of nitrogens with zero attached hydrogens (tertiary/aromatic N) is 2. The summed E-state index contributed by atoms with van der Waals surface area (Å²) in [6.45, 7) is 6.21. The van der Waals surface area contributed by atoms with Crippen molar-refractivity contribution in [2.24, 2.45) is 0 Å². The lowest BCUT2D eigenvalue weighted by Gasteiger charge is -2.34. The van der Waals surface area contributed by atoms with E-state index in [-0.39, 0.29) is 41.7 Å². The van der Waals surface area contributed by atoms with Gasteiger partial charge < -0.3 is 10.1 Å². The highest BCUT2D eigenvalue weighted by Gasteiger charge is 2.32. The van der Waals surface area contributed by atoms with Gasteiger partial charge in [-0.1, -0.05) is 6.07 Å². The minimum atomic E-state index is -3.72. The summed E-state index contributed by atoms with van der Waals surface area (Å²) in [6, 6.07) is 11.6. The van der Waals surface area contributed by atoms with Crippen LogP contribution >= 0.6 is 11.3 Å². The third kappa shape index (κ3) is 4.24. The van der Waals surface area contributed by atoms with Crippen molar-refractivity contribution in [1.29, 1.82) is 0 Å². The highest BCUT2D eigenvalue weighted by molar-refractivity contribution is 7.89. The first-order valence-electron chi connectivity index (χ1n) is 9.66. The Morgan fingerprint density at radius 2 is 1.90 bits per heavy atom. The number of fused-ring (bicyclic) bond motifs is 1. The zero-order valence-corrected chi connectivity index (χ0v) is 18.6. The number of aryl methyl sites for hydroxylation is 1. The molecule has 0 bridgehead atoms. The number of sulfonamides is 1. The summed E-state index contributed by atoms with van der Waals surface area (Å²) in [5, 5.41) is 3.80. The van der Waals surface area contributed by atoms with E-state index in [0.717, 1.165) is 15.2 Å². The van der Waals surface area contributed by atoms with E-state index in [4.69, 9.17) is 4.74 Å². The van der Waals surface area contributed by atoms with E-state index in [0.29, 0.717) is 5.69 Å². The Balaban J connectivity index is 1.56. The second-order valence-corrected chi connectivity index (χ2v) is 10.6. The summed E-state index contributed by atoms with van der Waals surface area (Å²) < 4.78 is 34.2. The standard InChI is InChI=1S/C21H23N3O4S2/c1-13-11-24(12-14(2)28-13)30(26,27)18-6-4-5-16(9-18)21(25)23-17-7-8-19-20(10-17)29-15(3)22-19/h4-10,13-14H,11-12H2,1-3H3,(H,23,25)/t13-,14-/m1/s1. The first kappa shape index (κ1) is 20.9. The zero-order chi connectivity index (χ0) is 21.5. The molecular weight excluding hydrogens is 422 g/mol. The van der Waals surface area contributed by atoms with Crippen molar-refractivity contribution in [2.45, 2.75) is 37.9 Å². The van der Waals surface area contributed by atoms with Gasteiger partial charge in [-0.05, 0) is 57.2 Å². The number of carbonyl (C=O) groups is 1. The van der Waals surface area contributed by atoms with Crippen LogP contribution in [-0.4, -0.2) is 48.9 Å². The molecule has 4 rings (SSSR count). The molecule has 1 aliphatic heterocycles. The largest absolute Gasteiger partial charge is 0.373 e. The zero-order valence-electron chi connectivity index (χ0n) is 17.0. The van der Waals surface area contributed by atoms with Crippen LogP contribution in [0.2, 0.25) is 0 Å². The van der Waals surface area contributed by atoms with Crippen molar-refractivity contribution in [3.63, 3.8) is 0 Å². The van der Waals surface area contributed by atoms with Gasteiger partial charge in [-0.15, -0.1) is 11.3 Å². The van der Waals surface area contributed by atoms with E-state index in [1.54, 1.807) is 29.5 Å². The molecule has 1 aliphatic rings. The molecule has 0 unspecified atom stereocenters. The Bertz CT molecular complexity index is 1200. The lowest BCUT2D eigenvalue weighted by atomic mass is 10.2. The van der Waals surface area contributed by atoms with Gasteiger partial charge in [0.2, 0.25) is 10.0 Å². The summed E-state index contributed by atoms with van der Waals surface area (Å²) in [7, 11) is -3.72. The van der Waals surface area contributed by atoms with Crippen LogP contribution in [0.1, 0.15) is 29.2 Å². The average Bonchev–Trinajstić information content (AvgIpc) is 3.06. The first-order chi connectivity index (χ1) is 14.2. The van der Waals surface area contributed by atoms with Gasteiger partial charge in [0.25, 0.3) is 5.91 Å². The molecule has 0 spiro atoms. The molecule has 30 heavy (non-hydrogen) atoms. The van der Waals surface area contributed by atoms with Crippen LogP contribution in [0.25, 0.3) is 10.2 Å². The molecule has 158 valence electrons. The molecule has 7 nitrogen and oxygen atoms in total. The predicted octanol–water partition coefficient (Wildman–Crippen LogP) is 3.65. The number of anilines is 1. The van der Waals surface area contributed by atoms with Crippen LogP contribution in [0.4, 0.5) is 5.69 Å². The summed E-state index contributed by atoms with van der Waals surface area (Å²) in [5.41, 5.74) is 1.81. The molecule has 1 amide bonds. The molecule has 2 aromatic carbocycles. The Morgan fingerprint density at radius 3 is 2.63 bits per heavy atom. The van der Waals surface area contributed by atoms with E-state index < -0.39 is 10.0 Å². The molecule has 0 aliphatic carbocycles. The number of rotatable bonds is 4. The molecule has 2 heterocycles. The fourth-order valence-corrected chi connectivity index (χ4v) is 6.10. The van der Waals surface area contributed by atoms with E-state index in [2.05, 4.69) is 10.3 Å². The van der Waals surface area contributed by atoms with Gasteiger partial charge in [0.1, 0.15) is 0 Å². The number of hydrogen-bond donors (Lipinski definition) is 1. The number of ether oxygens (including phenoxy) is 1. The Labute approximate surface area is 179 Å². The highest BCUT2D eigenvalue weighted by atomic mass is 32.2. The first-order valence-corrected chi connectivity index (χ1v) is 11.9. The molecule has 1 saturated heterocycles. The van der Waals surface area contributed by atoms with Gasteiger partial charge in [0.05, 0.1) is 32.3 Å². The lowest BCUT2D eigenvalue weighted by molar-refractivity contribution is -0.0440. The van der Waals surface area contributed by atoms with Crippen LogP contribution in [0.3, 0.4) is 0 Å². The third-order valence-corrected chi connectivity index (χ3v) is 7.63. The smallest absolute Gasteiger partial charge is 0.255 e. The fourth-order valence-electron chi connectivity index (χ4n) is 3.59. The minimum Gasteiger partial charge on any atom is -0.373 e. The maximum atomic E-state index is 13.1. The molecular formula is C21H23N3O4S2. The number of aromatic nitrogens is 1. The maximum absolute atomic E-state index is 13.1. The topological polar surface area (TPSA) is 88.6 Å². The number of benzene rings is 2. The van der Waals surface area contributed by atoms with Gasteiger partial charge in [0, 0.05) is 24.3 Å². The highest BCUT2D eigenvalue weighted by Crippen LogP contribution is 2.26. The summed E-state index contributed by atoms with van der Waals surface area (Å²) in [4.78, 5) is 17.3. The summed E-state index contributed by atoms with van der Waals surface area (Å²) >= 11 is 1.55. The van der Waals surface area contributed by atoms with Gasteiger partial charge in [-0.2, -0.15) is 4.31 Å². The van der Waals surface area contributed by atoms with Gasteiger partial charge in [0.15, 0.2) is 0 Å². The van der Waals surface area contributed by atoms with Crippen molar-refractivity contribution in [3.8, 4) is 0 Å². The van der Waals surface area contributed by atoms with Crippen LogP contribution in [-0.2, 0) is 14.8 Å². The Morgan fingerprint density at radius 1 is 1.17 bits per heavy atom. The summed E-state index contributed by atoms with van der Waals surface area (Å²) in [5.74, 6) is -0.364. The molecule has 3 aromatic rings. The molecule has 0 saturated carbocycles. The van der Waals surface area contributed by atoms with Crippen molar-refractivity contribution in [2.75, 3.05) is 18.4 Å². The lowest BCUT2D eigenvalue weighted by Crippen LogP contribution is -2.48. The van der Waals surface area contributed by atoms with E-state index >= 15 is 0 Å². The number of morpholine rings is 1. The quantitative estimate of drug-likeness (QED) is 0.662. The van der Waals surface area contributed by atoms with Crippen molar-refractivity contribution in [3.05, 3.63) is 53.0 Å². The molecule has 9 heteroatoms. The summed E-state index contributed by atoms with van der Waals surface area (Å²) in [6.07, 6.45) is -0.361. The van der Waals surface area contributed by atoms with Crippen molar-refractivity contribution < 1.29 is 17.9 Å². The normalized spacial score (nSPS) is 20.4. The number of carbonyl (C=O) groups excluding carboxylic acids is 1. The van der Waals surface area contributed by atoms with Crippen molar-refractivity contribution in [1.82, 2.24) is 9.29 Å². The van der Waals surface area contributed by atoms with Crippen molar-refractivity contribution >= 4 is 43.2 Å². The van der Waals surface area contributed by atoms with Crippen LogP contribution in [0, 0.1) is 6.92 Å². The molecule has 1 N–H and O–H groups in total. The monoisotopic (exact) mass is 445 g/mol. The molecule has 2 atom stereocenters. The van der Waals surface area contributed by atoms with Crippen LogP contribution in [0.15, 0.2) is 47.4 Å². The average molecular weight is 446 g/mol. The number of nitrogens with one attached hydrogen (secondary N) is 1. The second kappa shape index (κ2) is 8.07. The molecule has 1 aromatic heterocycles. The predicted molar refractivity (Wildman–Crippen MR) is 118 cm³/mol. The Kier molecular flexibility index (Phi) is 5.63. The van der Waals surface area contributed by atoms with Crippen LogP contribution < -0.4 is 5.32 Å². The number of thiazole rings is 1. The molecule has 1 fully saturated rings. The Hall–Kier alpha value is -2.33. The SMILES string of the molecule is Cc1nc2ccc(NC(=O)c3cccc(S(=O)(=O)N4C[C@@H](C)O[C@H](C)C4)c3)cc2s1. The van der Waals surface area contributed by atoms with E-state index in [1.807, 2.05) is 32.9 Å². The van der Waals surface area contributed by atoms with E-state index in [1.165, 1.54) is 16.4 Å².